The van der Waals surface area contributed by atoms with Crippen molar-refractivity contribution in [3.05, 3.63) is 24.2 Å². The highest BCUT2D eigenvalue weighted by molar-refractivity contribution is 5.04. The van der Waals surface area contributed by atoms with Gasteiger partial charge in [0.05, 0.1) is 18.6 Å². The van der Waals surface area contributed by atoms with Crippen LogP contribution in [0.3, 0.4) is 0 Å². The summed E-state index contributed by atoms with van der Waals surface area (Å²) in [4.78, 5) is 2.08. The van der Waals surface area contributed by atoms with Crippen molar-refractivity contribution in [2.75, 3.05) is 20.1 Å². The number of likely N-dealkylation sites (N-methyl/N-ethyl adjacent to an activating group) is 1. The molecule has 2 N–H and O–H groups in total. The average Bonchev–Trinajstić information content (AvgIpc) is 2.67. The van der Waals surface area contributed by atoms with E-state index < -0.39 is 0 Å². The molecule has 0 saturated carbocycles. The van der Waals surface area contributed by atoms with Crippen LogP contribution in [0.2, 0.25) is 0 Å². The summed E-state index contributed by atoms with van der Waals surface area (Å²) in [5.74, 6) is 0. The molecular weight excluding hydrogens is 204 g/mol. The molecule has 92 valence electrons. The van der Waals surface area contributed by atoms with E-state index in [4.69, 9.17) is 4.42 Å². The molecule has 0 fully saturated rings. The highest BCUT2D eigenvalue weighted by Crippen LogP contribution is 2.03. The highest BCUT2D eigenvalue weighted by atomic mass is 16.3. The van der Waals surface area contributed by atoms with Gasteiger partial charge in [0.15, 0.2) is 0 Å². The standard InChI is InChI=1S/C12H22N2O2/c1-10(2)13-6-12(15)8-14(3)7-11-4-5-16-9-11/h4-5,9-10,12-13,15H,6-8H2,1-3H3. The lowest BCUT2D eigenvalue weighted by atomic mass is 10.2. The number of aliphatic hydroxyl groups is 1. The van der Waals surface area contributed by atoms with E-state index in [2.05, 4.69) is 24.1 Å². The first-order chi connectivity index (χ1) is 7.58. The Kier molecular flexibility index (Phi) is 5.52. The summed E-state index contributed by atoms with van der Waals surface area (Å²) in [5.41, 5.74) is 1.13. The summed E-state index contributed by atoms with van der Waals surface area (Å²) in [6.45, 7) is 6.23. The van der Waals surface area contributed by atoms with E-state index in [0.29, 0.717) is 19.1 Å². The second-order valence-corrected chi connectivity index (χ2v) is 4.55. The molecule has 1 unspecified atom stereocenters. The second kappa shape index (κ2) is 6.68. The molecule has 0 aliphatic heterocycles. The molecule has 0 aromatic carbocycles. The van der Waals surface area contributed by atoms with Crippen LogP contribution in [0.15, 0.2) is 23.0 Å². The molecule has 4 nitrogen and oxygen atoms in total. The molecule has 0 aliphatic rings. The number of nitrogens with zero attached hydrogens (tertiary/aromatic N) is 1. The van der Waals surface area contributed by atoms with Crippen molar-refractivity contribution in [3.63, 3.8) is 0 Å². The molecule has 0 aliphatic carbocycles. The summed E-state index contributed by atoms with van der Waals surface area (Å²) in [7, 11) is 1.99. The van der Waals surface area contributed by atoms with Gasteiger partial charge in [0.2, 0.25) is 0 Å². The number of nitrogens with one attached hydrogen (secondary N) is 1. The summed E-state index contributed by atoms with van der Waals surface area (Å²) >= 11 is 0. The van der Waals surface area contributed by atoms with Crippen LogP contribution in [0.1, 0.15) is 19.4 Å². The Morgan fingerprint density at radius 1 is 1.50 bits per heavy atom. The van der Waals surface area contributed by atoms with Crippen LogP contribution in [0.5, 0.6) is 0 Å². The fraction of sp³-hybridized carbons (Fsp3) is 0.667. The zero-order valence-corrected chi connectivity index (χ0v) is 10.3. The monoisotopic (exact) mass is 226 g/mol. The summed E-state index contributed by atoms with van der Waals surface area (Å²) in [6.07, 6.45) is 3.06. The zero-order chi connectivity index (χ0) is 12.0. The maximum Gasteiger partial charge on any atom is 0.0947 e. The molecule has 1 rings (SSSR count). The van der Waals surface area contributed by atoms with Gasteiger partial charge >= 0.3 is 0 Å². The molecule has 0 bridgehead atoms. The van der Waals surface area contributed by atoms with Crippen LogP contribution in [-0.4, -0.2) is 42.3 Å². The second-order valence-electron chi connectivity index (χ2n) is 4.55. The molecule has 4 heteroatoms. The SMILES string of the molecule is CC(C)NCC(O)CN(C)Cc1ccoc1. The quantitative estimate of drug-likeness (QED) is 0.730. The Morgan fingerprint density at radius 2 is 2.25 bits per heavy atom. The molecule has 1 atom stereocenters. The molecule has 0 spiro atoms. The van der Waals surface area contributed by atoms with Gasteiger partial charge < -0.3 is 14.8 Å². The van der Waals surface area contributed by atoms with E-state index in [0.717, 1.165) is 12.1 Å². The number of furan rings is 1. The van der Waals surface area contributed by atoms with Crippen LogP contribution in [0, 0.1) is 0 Å². The smallest absolute Gasteiger partial charge is 0.0947 e. The van der Waals surface area contributed by atoms with Crippen LogP contribution < -0.4 is 5.32 Å². The van der Waals surface area contributed by atoms with Gasteiger partial charge in [-0.1, -0.05) is 13.8 Å². The van der Waals surface area contributed by atoms with Crippen molar-refractivity contribution in [3.8, 4) is 0 Å². The number of hydrogen-bond acceptors (Lipinski definition) is 4. The van der Waals surface area contributed by atoms with Crippen molar-refractivity contribution in [1.82, 2.24) is 10.2 Å². The summed E-state index contributed by atoms with van der Waals surface area (Å²) in [6, 6.07) is 2.35. The maximum atomic E-state index is 9.77. The molecule has 1 aromatic rings. The average molecular weight is 226 g/mol. The molecular formula is C12H22N2O2. The first kappa shape index (κ1) is 13.2. The van der Waals surface area contributed by atoms with E-state index in [1.807, 2.05) is 13.1 Å². The van der Waals surface area contributed by atoms with Gasteiger partial charge in [-0.25, -0.2) is 0 Å². The van der Waals surface area contributed by atoms with E-state index in [1.165, 1.54) is 0 Å². The fourth-order valence-electron chi connectivity index (χ4n) is 1.55. The van der Waals surface area contributed by atoms with Gasteiger partial charge in [0.25, 0.3) is 0 Å². The van der Waals surface area contributed by atoms with Crippen molar-refractivity contribution in [2.24, 2.45) is 0 Å². The topological polar surface area (TPSA) is 48.6 Å². The lowest BCUT2D eigenvalue weighted by molar-refractivity contribution is 0.119. The van der Waals surface area contributed by atoms with E-state index in [-0.39, 0.29) is 6.10 Å². The molecule has 1 heterocycles. The Balaban J connectivity index is 2.20. The van der Waals surface area contributed by atoms with Gasteiger partial charge in [-0.05, 0) is 13.1 Å². The zero-order valence-electron chi connectivity index (χ0n) is 10.3. The van der Waals surface area contributed by atoms with E-state index >= 15 is 0 Å². The predicted octanol–water partition coefficient (Wildman–Crippen LogP) is 1.07. The van der Waals surface area contributed by atoms with Gasteiger partial charge in [0, 0.05) is 31.2 Å². The van der Waals surface area contributed by atoms with Crippen molar-refractivity contribution < 1.29 is 9.52 Å². The van der Waals surface area contributed by atoms with E-state index in [9.17, 15) is 5.11 Å². The van der Waals surface area contributed by atoms with Gasteiger partial charge in [-0.3, -0.25) is 4.90 Å². The third-order valence-electron chi connectivity index (χ3n) is 2.32. The van der Waals surface area contributed by atoms with E-state index in [1.54, 1.807) is 12.5 Å². The lowest BCUT2D eigenvalue weighted by Crippen LogP contribution is -2.38. The molecule has 0 amide bonds. The summed E-state index contributed by atoms with van der Waals surface area (Å²) < 4.78 is 5.00. The van der Waals surface area contributed by atoms with Crippen LogP contribution in [0.25, 0.3) is 0 Å². The maximum absolute atomic E-state index is 9.77. The summed E-state index contributed by atoms with van der Waals surface area (Å²) in [5, 5.41) is 13.0. The highest BCUT2D eigenvalue weighted by Gasteiger charge is 2.09. The third kappa shape index (κ3) is 5.30. The first-order valence-corrected chi connectivity index (χ1v) is 5.69. The van der Waals surface area contributed by atoms with Crippen molar-refractivity contribution in [1.29, 1.82) is 0 Å². The fourth-order valence-corrected chi connectivity index (χ4v) is 1.55. The van der Waals surface area contributed by atoms with Crippen LogP contribution in [-0.2, 0) is 6.54 Å². The Labute approximate surface area is 97.2 Å². The molecule has 0 saturated heterocycles. The minimum atomic E-state index is -0.334. The normalized spacial score (nSPS) is 13.6. The number of rotatable bonds is 7. The molecule has 1 aromatic heterocycles. The number of aliphatic hydroxyl groups excluding tert-OH is 1. The molecule has 0 radical (unpaired) electrons. The Bertz CT molecular complexity index is 273. The minimum Gasteiger partial charge on any atom is -0.472 e. The Hall–Kier alpha value is -0.840. The third-order valence-corrected chi connectivity index (χ3v) is 2.32. The van der Waals surface area contributed by atoms with Gasteiger partial charge in [-0.15, -0.1) is 0 Å². The predicted molar refractivity (Wildman–Crippen MR) is 64.2 cm³/mol. The lowest BCUT2D eigenvalue weighted by Gasteiger charge is -2.21. The largest absolute Gasteiger partial charge is 0.472 e. The van der Waals surface area contributed by atoms with Gasteiger partial charge in [-0.2, -0.15) is 0 Å². The minimum absolute atomic E-state index is 0.334. The van der Waals surface area contributed by atoms with Crippen LogP contribution in [0.4, 0.5) is 0 Å². The molecule has 16 heavy (non-hydrogen) atoms. The van der Waals surface area contributed by atoms with Crippen molar-refractivity contribution >= 4 is 0 Å². The number of hydrogen-bond donors (Lipinski definition) is 2. The van der Waals surface area contributed by atoms with Crippen LogP contribution >= 0.6 is 0 Å². The first-order valence-electron chi connectivity index (χ1n) is 5.69. The van der Waals surface area contributed by atoms with Crippen molar-refractivity contribution in [2.45, 2.75) is 32.5 Å². The van der Waals surface area contributed by atoms with Gasteiger partial charge in [0.1, 0.15) is 0 Å². The Morgan fingerprint density at radius 3 is 2.81 bits per heavy atom.